The summed E-state index contributed by atoms with van der Waals surface area (Å²) in [5, 5.41) is 7.57. The zero-order valence-electron chi connectivity index (χ0n) is 16.6. The van der Waals surface area contributed by atoms with Crippen molar-refractivity contribution >= 4 is 17.4 Å². The molecule has 3 atom stereocenters. The molecule has 0 aliphatic carbocycles. The topological polar surface area (TPSA) is 88.9 Å². The lowest BCUT2D eigenvalue weighted by Gasteiger charge is -2.19. The standard InChI is InChI=1S/C20H24ClN7O/c1-4-29-15-7-5-14(6-8-15)19-18(21)20(26-25-19)24-16-10-17(23-11-22-16)28-13(3)9-12(2)27-28/h5-11,18-20,25-26H,4H2,1-3H3,(H,22,23,24). The highest BCUT2D eigenvalue weighted by Crippen LogP contribution is 2.29. The van der Waals surface area contributed by atoms with Crippen LogP contribution in [0.3, 0.4) is 0 Å². The minimum absolute atomic E-state index is 0.0536. The van der Waals surface area contributed by atoms with Crippen molar-refractivity contribution in [3.8, 4) is 11.6 Å². The van der Waals surface area contributed by atoms with Gasteiger partial charge in [-0.1, -0.05) is 12.1 Å². The van der Waals surface area contributed by atoms with E-state index in [0.717, 1.165) is 22.7 Å². The first-order valence-corrected chi connectivity index (χ1v) is 9.99. The second kappa shape index (κ2) is 8.36. The van der Waals surface area contributed by atoms with E-state index in [4.69, 9.17) is 16.3 Å². The average Bonchev–Trinajstić information content (AvgIpc) is 3.24. The molecule has 4 rings (SSSR count). The van der Waals surface area contributed by atoms with E-state index >= 15 is 0 Å². The Kier molecular flexibility index (Phi) is 5.66. The number of nitrogens with zero attached hydrogens (tertiary/aromatic N) is 4. The van der Waals surface area contributed by atoms with Crippen molar-refractivity contribution in [1.82, 2.24) is 30.6 Å². The van der Waals surface area contributed by atoms with Gasteiger partial charge in [0.25, 0.3) is 0 Å². The molecule has 3 heterocycles. The minimum Gasteiger partial charge on any atom is -0.494 e. The molecule has 1 aliphatic heterocycles. The fourth-order valence-corrected chi connectivity index (χ4v) is 3.75. The number of benzene rings is 1. The fraction of sp³-hybridized carbons (Fsp3) is 0.350. The number of aryl methyl sites for hydroxylation is 2. The van der Waals surface area contributed by atoms with Crippen molar-refractivity contribution in [3.05, 3.63) is 59.7 Å². The summed E-state index contributed by atoms with van der Waals surface area (Å²) in [4.78, 5) is 8.65. The zero-order valence-corrected chi connectivity index (χ0v) is 17.3. The first-order valence-electron chi connectivity index (χ1n) is 9.55. The Balaban J connectivity index is 1.46. The lowest BCUT2D eigenvalue weighted by atomic mass is 10.0. The molecule has 3 unspecified atom stereocenters. The molecule has 1 aliphatic rings. The number of alkyl halides is 1. The van der Waals surface area contributed by atoms with Crippen molar-refractivity contribution in [2.45, 2.75) is 38.4 Å². The third kappa shape index (κ3) is 4.19. The average molecular weight is 414 g/mol. The van der Waals surface area contributed by atoms with Crippen LogP contribution in [0.2, 0.25) is 0 Å². The van der Waals surface area contributed by atoms with Crippen molar-refractivity contribution in [2.75, 3.05) is 11.9 Å². The highest BCUT2D eigenvalue weighted by Gasteiger charge is 2.35. The van der Waals surface area contributed by atoms with E-state index in [0.29, 0.717) is 18.2 Å². The molecule has 1 fully saturated rings. The van der Waals surface area contributed by atoms with Gasteiger partial charge in [-0.05, 0) is 44.5 Å². The van der Waals surface area contributed by atoms with E-state index in [1.807, 2.05) is 57.2 Å². The molecule has 0 saturated carbocycles. The molecule has 8 nitrogen and oxygen atoms in total. The van der Waals surface area contributed by atoms with Gasteiger partial charge in [-0.2, -0.15) is 5.10 Å². The van der Waals surface area contributed by atoms with Gasteiger partial charge in [0, 0.05) is 11.8 Å². The Labute approximate surface area is 174 Å². The molecule has 1 saturated heterocycles. The molecule has 1 aromatic carbocycles. The first-order chi connectivity index (χ1) is 14.0. The van der Waals surface area contributed by atoms with Gasteiger partial charge in [0.15, 0.2) is 5.82 Å². The van der Waals surface area contributed by atoms with Crippen LogP contribution >= 0.6 is 11.6 Å². The van der Waals surface area contributed by atoms with Crippen LogP contribution in [-0.4, -0.2) is 37.9 Å². The molecule has 9 heteroatoms. The molecule has 0 spiro atoms. The van der Waals surface area contributed by atoms with Crippen LogP contribution in [0.4, 0.5) is 5.82 Å². The van der Waals surface area contributed by atoms with E-state index in [2.05, 4.69) is 31.2 Å². The maximum Gasteiger partial charge on any atom is 0.159 e. The monoisotopic (exact) mass is 413 g/mol. The lowest BCUT2D eigenvalue weighted by molar-refractivity contribution is 0.340. The summed E-state index contributed by atoms with van der Waals surface area (Å²) in [7, 11) is 0. The van der Waals surface area contributed by atoms with Crippen molar-refractivity contribution in [1.29, 1.82) is 0 Å². The molecule has 0 bridgehead atoms. The van der Waals surface area contributed by atoms with E-state index in [9.17, 15) is 0 Å². The summed E-state index contributed by atoms with van der Waals surface area (Å²) in [6.07, 6.45) is 1.31. The lowest BCUT2D eigenvalue weighted by Crippen LogP contribution is -2.38. The van der Waals surface area contributed by atoms with Gasteiger partial charge in [-0.25, -0.2) is 25.5 Å². The molecular weight excluding hydrogens is 390 g/mol. The number of nitrogens with one attached hydrogen (secondary N) is 3. The van der Waals surface area contributed by atoms with Gasteiger partial charge >= 0.3 is 0 Å². The van der Waals surface area contributed by atoms with Gasteiger partial charge in [0.05, 0.1) is 23.7 Å². The van der Waals surface area contributed by atoms with Crippen LogP contribution in [0.1, 0.15) is 29.9 Å². The second-order valence-electron chi connectivity index (χ2n) is 6.94. The summed E-state index contributed by atoms with van der Waals surface area (Å²) in [5.41, 5.74) is 9.50. The number of ether oxygens (including phenoxy) is 1. The van der Waals surface area contributed by atoms with Crippen molar-refractivity contribution < 1.29 is 4.74 Å². The Morgan fingerprint density at radius 2 is 1.93 bits per heavy atom. The third-order valence-corrected chi connectivity index (χ3v) is 5.27. The molecule has 2 aromatic heterocycles. The zero-order chi connectivity index (χ0) is 20.4. The first kappa shape index (κ1) is 19.6. The number of hydrogen-bond acceptors (Lipinski definition) is 7. The number of hydrazine groups is 1. The Morgan fingerprint density at radius 3 is 2.62 bits per heavy atom. The summed E-state index contributed by atoms with van der Waals surface area (Å²) >= 11 is 6.74. The summed E-state index contributed by atoms with van der Waals surface area (Å²) in [6.45, 7) is 6.56. The van der Waals surface area contributed by atoms with Gasteiger partial charge < -0.3 is 10.1 Å². The highest BCUT2D eigenvalue weighted by molar-refractivity contribution is 6.22. The van der Waals surface area contributed by atoms with Crippen molar-refractivity contribution in [2.24, 2.45) is 0 Å². The van der Waals surface area contributed by atoms with Gasteiger partial charge in [-0.3, -0.25) is 0 Å². The van der Waals surface area contributed by atoms with E-state index in [1.54, 1.807) is 4.68 Å². The van der Waals surface area contributed by atoms with E-state index in [1.165, 1.54) is 6.33 Å². The van der Waals surface area contributed by atoms with E-state index in [-0.39, 0.29) is 17.6 Å². The van der Waals surface area contributed by atoms with Crippen LogP contribution in [-0.2, 0) is 0 Å². The van der Waals surface area contributed by atoms with Crippen LogP contribution in [0, 0.1) is 13.8 Å². The SMILES string of the molecule is CCOc1ccc(C2NNC(Nc3cc(-n4nc(C)cc4C)ncn3)C2Cl)cc1. The van der Waals surface area contributed by atoms with Gasteiger partial charge in [0.2, 0.25) is 0 Å². The predicted octanol–water partition coefficient (Wildman–Crippen LogP) is 2.87. The normalized spacial score (nSPS) is 21.3. The molecule has 3 N–H and O–H groups in total. The van der Waals surface area contributed by atoms with Gasteiger partial charge in [-0.15, -0.1) is 11.6 Å². The number of anilines is 1. The maximum absolute atomic E-state index is 6.74. The molecule has 29 heavy (non-hydrogen) atoms. The van der Waals surface area contributed by atoms with Crippen LogP contribution in [0.25, 0.3) is 5.82 Å². The number of rotatable bonds is 6. The molecule has 152 valence electrons. The highest BCUT2D eigenvalue weighted by atomic mass is 35.5. The van der Waals surface area contributed by atoms with Crippen molar-refractivity contribution in [3.63, 3.8) is 0 Å². The molecule has 0 radical (unpaired) electrons. The Morgan fingerprint density at radius 1 is 1.14 bits per heavy atom. The van der Waals surface area contributed by atoms with Crippen LogP contribution in [0.15, 0.2) is 42.7 Å². The smallest absolute Gasteiger partial charge is 0.159 e. The molecule has 3 aromatic rings. The Hall–Kier alpha value is -2.68. The van der Waals surface area contributed by atoms with Gasteiger partial charge in [0.1, 0.15) is 24.1 Å². The predicted molar refractivity (Wildman–Crippen MR) is 112 cm³/mol. The second-order valence-corrected chi connectivity index (χ2v) is 7.44. The summed E-state index contributed by atoms with van der Waals surface area (Å²) in [6, 6.07) is 11.8. The van der Waals surface area contributed by atoms with Crippen LogP contribution in [0.5, 0.6) is 5.75 Å². The number of hydrogen-bond donors (Lipinski definition) is 3. The number of aromatic nitrogens is 4. The molecule has 0 amide bonds. The van der Waals surface area contributed by atoms with Crippen LogP contribution < -0.4 is 20.9 Å². The molecular formula is C20H24ClN7O. The number of halogens is 1. The Bertz CT molecular complexity index is 975. The minimum atomic E-state index is -0.236. The summed E-state index contributed by atoms with van der Waals surface area (Å²) < 4.78 is 7.30. The fourth-order valence-electron chi connectivity index (χ4n) is 3.41. The quantitative estimate of drug-likeness (QED) is 0.535. The third-order valence-electron chi connectivity index (χ3n) is 4.76. The largest absolute Gasteiger partial charge is 0.494 e. The van der Waals surface area contributed by atoms with E-state index < -0.39 is 0 Å². The maximum atomic E-state index is 6.74. The summed E-state index contributed by atoms with van der Waals surface area (Å²) in [5.74, 6) is 2.22.